The highest BCUT2D eigenvalue weighted by atomic mass is 15.0. The highest BCUT2D eigenvalue weighted by molar-refractivity contribution is 5.86. The molecule has 4 aromatic rings. The van der Waals surface area contributed by atoms with E-state index in [9.17, 15) is 0 Å². The van der Waals surface area contributed by atoms with Crippen LogP contribution < -0.4 is 5.73 Å². The van der Waals surface area contributed by atoms with Crippen LogP contribution in [0.5, 0.6) is 0 Å². The van der Waals surface area contributed by atoms with E-state index in [2.05, 4.69) is 59.4 Å². The van der Waals surface area contributed by atoms with Crippen LogP contribution in [0, 0.1) is 6.92 Å². The van der Waals surface area contributed by atoms with Crippen LogP contribution in [0.4, 0.5) is 5.82 Å². The Morgan fingerprint density at radius 3 is 2.63 bits per heavy atom. The number of anilines is 1. The lowest BCUT2D eigenvalue weighted by Gasteiger charge is -2.27. The summed E-state index contributed by atoms with van der Waals surface area (Å²) in [7, 11) is 0. The standard InChI is InChI=1S/C23H22N4/c1-15-8-9-18(13-20(15)16-4-2-5-16)17-6-3-7-19(12-17)21-22-23(24)25-10-11-27(22)14-26-21/h3,6-14,16H,2,4-5H2,1H3,(H2,24,25). The number of aryl methyl sites for hydroxylation is 1. The van der Waals surface area contributed by atoms with E-state index in [1.165, 1.54) is 41.5 Å². The van der Waals surface area contributed by atoms with Crippen LogP contribution in [0.25, 0.3) is 27.9 Å². The molecule has 0 atom stereocenters. The summed E-state index contributed by atoms with van der Waals surface area (Å²) in [5, 5.41) is 0. The molecule has 0 unspecified atom stereocenters. The molecule has 5 rings (SSSR count). The van der Waals surface area contributed by atoms with E-state index in [-0.39, 0.29) is 0 Å². The number of imidazole rings is 1. The first kappa shape index (κ1) is 16.1. The van der Waals surface area contributed by atoms with Crippen molar-refractivity contribution in [3.8, 4) is 22.4 Å². The molecule has 2 aromatic heterocycles. The lowest BCUT2D eigenvalue weighted by Crippen LogP contribution is -2.10. The van der Waals surface area contributed by atoms with Crippen molar-refractivity contribution in [3.05, 3.63) is 72.3 Å². The molecule has 4 heteroatoms. The van der Waals surface area contributed by atoms with Crippen molar-refractivity contribution >= 4 is 11.3 Å². The van der Waals surface area contributed by atoms with Gasteiger partial charge in [-0.3, -0.25) is 0 Å². The molecule has 4 nitrogen and oxygen atoms in total. The molecule has 0 bridgehead atoms. The van der Waals surface area contributed by atoms with Gasteiger partial charge in [-0.15, -0.1) is 0 Å². The molecular formula is C23H22N4. The van der Waals surface area contributed by atoms with Gasteiger partial charge < -0.3 is 10.1 Å². The van der Waals surface area contributed by atoms with Gasteiger partial charge in [0.2, 0.25) is 0 Å². The molecule has 2 aromatic carbocycles. The lowest BCUT2D eigenvalue weighted by molar-refractivity contribution is 0.418. The normalized spacial score (nSPS) is 14.4. The Labute approximate surface area is 158 Å². The second-order valence-corrected chi connectivity index (χ2v) is 7.44. The lowest BCUT2D eigenvalue weighted by atomic mass is 9.77. The average Bonchev–Trinajstić information content (AvgIpc) is 3.08. The average molecular weight is 354 g/mol. The van der Waals surface area contributed by atoms with E-state index in [0.717, 1.165) is 22.7 Å². The van der Waals surface area contributed by atoms with Gasteiger partial charge in [-0.05, 0) is 54.0 Å². The highest BCUT2D eigenvalue weighted by Gasteiger charge is 2.21. The van der Waals surface area contributed by atoms with E-state index >= 15 is 0 Å². The van der Waals surface area contributed by atoms with Gasteiger partial charge in [0, 0.05) is 18.0 Å². The molecular weight excluding hydrogens is 332 g/mol. The molecule has 2 heterocycles. The van der Waals surface area contributed by atoms with Crippen molar-refractivity contribution in [2.45, 2.75) is 32.1 Å². The second-order valence-electron chi connectivity index (χ2n) is 7.44. The fourth-order valence-electron chi connectivity index (χ4n) is 4.01. The van der Waals surface area contributed by atoms with Crippen molar-refractivity contribution in [3.63, 3.8) is 0 Å². The zero-order chi connectivity index (χ0) is 18.4. The predicted molar refractivity (Wildman–Crippen MR) is 110 cm³/mol. The largest absolute Gasteiger partial charge is 0.382 e. The monoisotopic (exact) mass is 354 g/mol. The number of hydrogen-bond acceptors (Lipinski definition) is 3. The number of hydrogen-bond donors (Lipinski definition) is 1. The summed E-state index contributed by atoms with van der Waals surface area (Å²) in [5.74, 6) is 1.23. The number of rotatable bonds is 3. The molecule has 1 aliphatic carbocycles. The van der Waals surface area contributed by atoms with Gasteiger partial charge in [0.25, 0.3) is 0 Å². The summed E-state index contributed by atoms with van der Waals surface area (Å²) < 4.78 is 1.92. The third-order valence-electron chi connectivity index (χ3n) is 5.77. The minimum atomic E-state index is 0.498. The van der Waals surface area contributed by atoms with E-state index < -0.39 is 0 Å². The Bertz CT molecular complexity index is 1140. The van der Waals surface area contributed by atoms with E-state index in [0.29, 0.717) is 5.82 Å². The predicted octanol–water partition coefficient (Wildman–Crippen LogP) is 5.22. The Kier molecular flexibility index (Phi) is 3.71. The van der Waals surface area contributed by atoms with E-state index in [1.54, 1.807) is 12.5 Å². The summed E-state index contributed by atoms with van der Waals surface area (Å²) in [6, 6.07) is 15.4. The molecule has 134 valence electrons. The van der Waals surface area contributed by atoms with Crippen LogP contribution in [-0.2, 0) is 0 Å². The topological polar surface area (TPSA) is 56.2 Å². The molecule has 0 saturated heterocycles. The Balaban J connectivity index is 1.60. The maximum atomic E-state index is 6.11. The first-order valence-corrected chi connectivity index (χ1v) is 9.49. The molecule has 0 amide bonds. The third kappa shape index (κ3) is 2.69. The quantitative estimate of drug-likeness (QED) is 0.549. The van der Waals surface area contributed by atoms with Crippen LogP contribution in [0.1, 0.15) is 36.3 Å². The Morgan fingerprint density at radius 2 is 1.81 bits per heavy atom. The third-order valence-corrected chi connectivity index (χ3v) is 5.77. The minimum absolute atomic E-state index is 0.498. The van der Waals surface area contributed by atoms with Gasteiger partial charge >= 0.3 is 0 Å². The summed E-state index contributed by atoms with van der Waals surface area (Å²) in [6.07, 6.45) is 9.34. The van der Waals surface area contributed by atoms with Gasteiger partial charge in [0.1, 0.15) is 17.7 Å². The van der Waals surface area contributed by atoms with Gasteiger partial charge in [-0.2, -0.15) is 0 Å². The first-order valence-electron chi connectivity index (χ1n) is 9.49. The van der Waals surface area contributed by atoms with E-state index in [4.69, 9.17) is 5.73 Å². The fourth-order valence-corrected chi connectivity index (χ4v) is 4.01. The summed E-state index contributed by atoms with van der Waals surface area (Å²) in [4.78, 5) is 8.81. The molecule has 0 aliphatic heterocycles. The molecule has 1 aliphatic rings. The molecule has 0 radical (unpaired) electrons. The van der Waals surface area contributed by atoms with Crippen molar-refractivity contribution in [2.75, 3.05) is 5.73 Å². The van der Waals surface area contributed by atoms with Gasteiger partial charge in [-0.25, -0.2) is 9.97 Å². The summed E-state index contributed by atoms with van der Waals surface area (Å²) >= 11 is 0. The number of nitrogens with two attached hydrogens (primary N) is 1. The van der Waals surface area contributed by atoms with Crippen LogP contribution in [0.3, 0.4) is 0 Å². The van der Waals surface area contributed by atoms with Crippen LogP contribution >= 0.6 is 0 Å². The van der Waals surface area contributed by atoms with Gasteiger partial charge in [0.15, 0.2) is 0 Å². The molecule has 2 N–H and O–H groups in total. The molecule has 27 heavy (non-hydrogen) atoms. The molecule has 0 spiro atoms. The van der Waals surface area contributed by atoms with Crippen LogP contribution in [-0.4, -0.2) is 14.4 Å². The molecule has 1 fully saturated rings. The fraction of sp³-hybridized carbons (Fsp3) is 0.217. The van der Waals surface area contributed by atoms with Crippen molar-refractivity contribution in [2.24, 2.45) is 0 Å². The van der Waals surface area contributed by atoms with Crippen LogP contribution in [0.2, 0.25) is 0 Å². The van der Waals surface area contributed by atoms with Crippen molar-refractivity contribution < 1.29 is 0 Å². The van der Waals surface area contributed by atoms with Crippen LogP contribution in [0.15, 0.2) is 61.2 Å². The summed E-state index contributed by atoms with van der Waals surface area (Å²) in [5.41, 5.74) is 14.3. The van der Waals surface area contributed by atoms with Crippen molar-refractivity contribution in [1.82, 2.24) is 14.4 Å². The SMILES string of the molecule is Cc1ccc(-c2cccc(-c3ncn4ccnc(N)c34)c2)cc1C1CCC1. The second kappa shape index (κ2) is 6.23. The number of nitrogen functional groups attached to an aromatic ring is 1. The van der Waals surface area contributed by atoms with Gasteiger partial charge in [0.05, 0.1) is 5.69 Å². The number of fused-ring (bicyclic) bond motifs is 1. The number of benzene rings is 2. The zero-order valence-electron chi connectivity index (χ0n) is 15.4. The maximum absolute atomic E-state index is 6.11. The van der Waals surface area contributed by atoms with Gasteiger partial charge in [-0.1, -0.05) is 42.8 Å². The highest BCUT2D eigenvalue weighted by Crippen LogP contribution is 2.39. The maximum Gasteiger partial charge on any atom is 0.150 e. The Morgan fingerprint density at radius 1 is 1.00 bits per heavy atom. The minimum Gasteiger partial charge on any atom is -0.382 e. The zero-order valence-corrected chi connectivity index (χ0v) is 15.4. The summed E-state index contributed by atoms with van der Waals surface area (Å²) in [6.45, 7) is 2.22. The first-order chi connectivity index (χ1) is 13.2. The smallest absolute Gasteiger partial charge is 0.150 e. The Hall–Kier alpha value is -3.14. The van der Waals surface area contributed by atoms with Crippen molar-refractivity contribution in [1.29, 1.82) is 0 Å². The van der Waals surface area contributed by atoms with E-state index in [1.807, 2.05) is 10.6 Å². The number of nitrogens with zero attached hydrogens (tertiary/aromatic N) is 3. The number of aromatic nitrogens is 3. The molecule has 1 saturated carbocycles.